The van der Waals surface area contributed by atoms with Gasteiger partial charge in [0.25, 0.3) is 0 Å². The van der Waals surface area contributed by atoms with Crippen molar-refractivity contribution in [2.24, 2.45) is 0 Å². The molecule has 3 heterocycles. The monoisotopic (exact) mass is 287 g/mol. The van der Waals surface area contributed by atoms with Crippen LogP contribution in [0.2, 0.25) is 0 Å². The van der Waals surface area contributed by atoms with Crippen LogP contribution in [0.15, 0.2) is 37.1 Å². The molecule has 21 heavy (non-hydrogen) atoms. The number of pyridine rings is 1. The van der Waals surface area contributed by atoms with Crippen molar-refractivity contribution in [2.75, 3.05) is 19.7 Å². The Morgan fingerprint density at radius 1 is 1.38 bits per heavy atom. The highest BCUT2D eigenvalue weighted by atomic mass is 16.5. The predicted molar refractivity (Wildman–Crippen MR) is 78.5 cm³/mol. The van der Waals surface area contributed by atoms with Gasteiger partial charge in [-0.3, -0.25) is 14.6 Å². The van der Waals surface area contributed by atoms with E-state index in [1.54, 1.807) is 12.7 Å². The molecule has 0 amide bonds. The SMILES string of the molecule is c1ccc(CN(CCn2cncn2)CC2CCCO2)nc1. The van der Waals surface area contributed by atoms with Crippen molar-refractivity contribution in [2.45, 2.75) is 32.0 Å². The number of hydrogen-bond donors (Lipinski definition) is 0. The summed E-state index contributed by atoms with van der Waals surface area (Å²) in [5.41, 5.74) is 1.09. The van der Waals surface area contributed by atoms with Gasteiger partial charge < -0.3 is 4.74 Å². The minimum Gasteiger partial charge on any atom is -0.377 e. The molecule has 0 aromatic carbocycles. The minimum absolute atomic E-state index is 0.351. The third-order valence-corrected chi connectivity index (χ3v) is 3.71. The first-order valence-corrected chi connectivity index (χ1v) is 7.46. The molecule has 2 aromatic rings. The van der Waals surface area contributed by atoms with E-state index in [0.717, 1.165) is 44.9 Å². The Labute approximate surface area is 124 Å². The fourth-order valence-corrected chi connectivity index (χ4v) is 2.62. The van der Waals surface area contributed by atoms with Gasteiger partial charge in [0.15, 0.2) is 0 Å². The molecule has 3 rings (SSSR count). The largest absolute Gasteiger partial charge is 0.377 e. The van der Waals surface area contributed by atoms with Crippen LogP contribution in [0.5, 0.6) is 0 Å². The van der Waals surface area contributed by atoms with Crippen molar-refractivity contribution in [3.8, 4) is 0 Å². The maximum Gasteiger partial charge on any atom is 0.137 e. The maximum absolute atomic E-state index is 5.76. The lowest BCUT2D eigenvalue weighted by Gasteiger charge is -2.24. The normalized spacial score (nSPS) is 18.4. The average Bonchev–Trinajstić information content (AvgIpc) is 3.19. The van der Waals surface area contributed by atoms with Crippen LogP contribution in [0.3, 0.4) is 0 Å². The quantitative estimate of drug-likeness (QED) is 0.769. The van der Waals surface area contributed by atoms with Crippen LogP contribution in [0.25, 0.3) is 0 Å². The average molecular weight is 287 g/mol. The fraction of sp³-hybridized carbons (Fsp3) is 0.533. The van der Waals surface area contributed by atoms with Crippen LogP contribution < -0.4 is 0 Å². The third kappa shape index (κ3) is 4.34. The van der Waals surface area contributed by atoms with E-state index in [4.69, 9.17) is 4.74 Å². The Kier molecular flexibility index (Phi) is 4.91. The van der Waals surface area contributed by atoms with Crippen LogP contribution >= 0.6 is 0 Å². The lowest BCUT2D eigenvalue weighted by atomic mass is 10.2. The van der Waals surface area contributed by atoms with Crippen molar-refractivity contribution in [1.82, 2.24) is 24.6 Å². The first-order valence-electron chi connectivity index (χ1n) is 7.46. The van der Waals surface area contributed by atoms with Crippen molar-refractivity contribution in [1.29, 1.82) is 0 Å². The molecule has 0 saturated carbocycles. The number of rotatable bonds is 7. The van der Waals surface area contributed by atoms with E-state index >= 15 is 0 Å². The summed E-state index contributed by atoms with van der Waals surface area (Å²) < 4.78 is 7.62. The van der Waals surface area contributed by atoms with Crippen LogP contribution in [-0.4, -0.2) is 50.4 Å². The summed E-state index contributed by atoms with van der Waals surface area (Å²) in [5.74, 6) is 0. The van der Waals surface area contributed by atoms with Crippen LogP contribution in [0.1, 0.15) is 18.5 Å². The van der Waals surface area contributed by atoms with E-state index in [1.165, 1.54) is 6.42 Å². The molecular weight excluding hydrogens is 266 g/mol. The summed E-state index contributed by atoms with van der Waals surface area (Å²) in [6.07, 6.45) is 7.85. The lowest BCUT2D eigenvalue weighted by Crippen LogP contribution is -2.34. The van der Waals surface area contributed by atoms with Gasteiger partial charge in [-0.05, 0) is 25.0 Å². The zero-order chi connectivity index (χ0) is 14.3. The van der Waals surface area contributed by atoms with E-state index in [0.29, 0.717) is 6.10 Å². The Hall–Kier alpha value is -1.79. The first-order chi connectivity index (χ1) is 10.4. The van der Waals surface area contributed by atoms with Gasteiger partial charge in [-0.25, -0.2) is 4.98 Å². The van der Waals surface area contributed by atoms with Crippen molar-refractivity contribution in [3.63, 3.8) is 0 Å². The molecule has 1 aliphatic rings. The highest BCUT2D eigenvalue weighted by molar-refractivity contribution is 5.03. The molecule has 0 bridgehead atoms. The molecule has 1 aliphatic heterocycles. The van der Waals surface area contributed by atoms with Gasteiger partial charge in [0.2, 0.25) is 0 Å². The summed E-state index contributed by atoms with van der Waals surface area (Å²) in [5, 5.41) is 4.16. The predicted octanol–water partition coefficient (Wildman–Crippen LogP) is 1.35. The van der Waals surface area contributed by atoms with E-state index in [1.807, 2.05) is 23.0 Å². The molecule has 1 saturated heterocycles. The summed E-state index contributed by atoms with van der Waals surface area (Å²) in [4.78, 5) is 10.8. The molecule has 6 nitrogen and oxygen atoms in total. The van der Waals surface area contributed by atoms with Gasteiger partial charge in [0.1, 0.15) is 12.7 Å². The van der Waals surface area contributed by atoms with Crippen LogP contribution in [0, 0.1) is 0 Å². The number of aromatic nitrogens is 4. The van der Waals surface area contributed by atoms with Gasteiger partial charge in [0, 0.05) is 32.4 Å². The van der Waals surface area contributed by atoms with Crippen molar-refractivity contribution >= 4 is 0 Å². The van der Waals surface area contributed by atoms with Gasteiger partial charge in [-0.15, -0.1) is 0 Å². The number of ether oxygens (including phenoxy) is 1. The third-order valence-electron chi connectivity index (χ3n) is 3.71. The second kappa shape index (κ2) is 7.28. The topological polar surface area (TPSA) is 56.1 Å². The Morgan fingerprint density at radius 3 is 3.10 bits per heavy atom. The Bertz CT molecular complexity index is 510. The first kappa shape index (κ1) is 14.2. The molecule has 0 aliphatic carbocycles. The smallest absolute Gasteiger partial charge is 0.137 e. The minimum atomic E-state index is 0.351. The summed E-state index contributed by atoms with van der Waals surface area (Å²) in [7, 11) is 0. The van der Waals surface area contributed by atoms with Gasteiger partial charge in [0.05, 0.1) is 18.3 Å². The van der Waals surface area contributed by atoms with E-state index < -0.39 is 0 Å². The molecule has 2 aromatic heterocycles. The molecular formula is C15H21N5O. The zero-order valence-electron chi connectivity index (χ0n) is 12.1. The molecule has 6 heteroatoms. The second-order valence-corrected chi connectivity index (χ2v) is 5.35. The summed E-state index contributed by atoms with van der Waals surface area (Å²) in [6, 6.07) is 6.05. The molecule has 112 valence electrons. The molecule has 0 radical (unpaired) electrons. The lowest BCUT2D eigenvalue weighted by molar-refractivity contribution is 0.0685. The number of nitrogens with zero attached hydrogens (tertiary/aromatic N) is 5. The van der Waals surface area contributed by atoms with E-state index in [2.05, 4.69) is 26.0 Å². The second-order valence-electron chi connectivity index (χ2n) is 5.35. The van der Waals surface area contributed by atoms with Gasteiger partial charge in [-0.2, -0.15) is 5.10 Å². The highest BCUT2D eigenvalue weighted by Crippen LogP contribution is 2.14. The van der Waals surface area contributed by atoms with Crippen LogP contribution in [0.4, 0.5) is 0 Å². The molecule has 1 unspecified atom stereocenters. The zero-order valence-corrected chi connectivity index (χ0v) is 12.1. The number of hydrogen-bond acceptors (Lipinski definition) is 5. The van der Waals surface area contributed by atoms with Crippen LogP contribution in [-0.2, 0) is 17.8 Å². The molecule has 1 fully saturated rings. The highest BCUT2D eigenvalue weighted by Gasteiger charge is 2.19. The summed E-state index contributed by atoms with van der Waals surface area (Å²) >= 11 is 0. The molecule has 0 spiro atoms. The van der Waals surface area contributed by atoms with E-state index in [9.17, 15) is 0 Å². The summed E-state index contributed by atoms with van der Waals surface area (Å²) in [6.45, 7) is 4.44. The Morgan fingerprint density at radius 2 is 2.38 bits per heavy atom. The van der Waals surface area contributed by atoms with E-state index in [-0.39, 0.29) is 0 Å². The fourth-order valence-electron chi connectivity index (χ4n) is 2.62. The van der Waals surface area contributed by atoms with Gasteiger partial charge in [-0.1, -0.05) is 6.07 Å². The Balaban J connectivity index is 1.58. The standard InChI is InChI=1S/C15H21N5O/c1-2-6-17-14(4-1)10-19(11-15-5-3-9-21-15)7-8-20-13-16-12-18-20/h1-2,4,6,12-13,15H,3,5,7-11H2. The molecule has 1 atom stereocenters. The van der Waals surface area contributed by atoms with Crippen molar-refractivity contribution in [3.05, 3.63) is 42.7 Å². The van der Waals surface area contributed by atoms with Crippen molar-refractivity contribution < 1.29 is 4.74 Å². The molecule has 0 N–H and O–H groups in total. The van der Waals surface area contributed by atoms with Gasteiger partial charge >= 0.3 is 0 Å². The maximum atomic E-state index is 5.76.